The molecule has 0 bridgehead atoms. The molecule has 0 saturated carbocycles. The van der Waals surface area contributed by atoms with Crippen LogP contribution in [0.25, 0.3) is 4.85 Å². The van der Waals surface area contributed by atoms with Crippen LogP contribution in [0.4, 0.5) is 22.0 Å². The van der Waals surface area contributed by atoms with Crippen molar-refractivity contribution in [3.8, 4) is 0 Å². The first-order valence-electron chi connectivity index (χ1n) is 2.55. The van der Waals surface area contributed by atoms with Crippen LogP contribution >= 0.6 is 0 Å². The molecule has 6 heteroatoms. The molecule has 0 saturated heterocycles. The van der Waals surface area contributed by atoms with Crippen molar-refractivity contribution in [3.05, 3.63) is 11.4 Å². The van der Waals surface area contributed by atoms with E-state index in [1.165, 1.54) is 0 Å². The second kappa shape index (κ2) is 3.03. The first-order chi connectivity index (χ1) is 4.77. The summed E-state index contributed by atoms with van der Waals surface area (Å²) in [5.74, 6) is -3.94. The van der Waals surface area contributed by atoms with Gasteiger partial charge in [-0.15, -0.1) is 0 Å². The van der Waals surface area contributed by atoms with Gasteiger partial charge in [-0.05, 0) is 0 Å². The molecule has 0 aliphatic carbocycles. The van der Waals surface area contributed by atoms with E-state index >= 15 is 0 Å². The van der Waals surface area contributed by atoms with Crippen molar-refractivity contribution in [2.24, 2.45) is 0 Å². The average molecular weight is 173 g/mol. The highest BCUT2D eigenvalue weighted by atomic mass is 19.4. The van der Waals surface area contributed by atoms with Crippen LogP contribution in [0.1, 0.15) is 6.42 Å². The van der Waals surface area contributed by atoms with E-state index in [1.54, 1.807) is 0 Å². The lowest BCUT2D eigenvalue weighted by Gasteiger charge is -2.11. The van der Waals surface area contributed by atoms with E-state index in [-0.39, 0.29) is 0 Å². The Morgan fingerprint density at radius 1 is 1.09 bits per heavy atom. The zero-order valence-corrected chi connectivity index (χ0v) is 5.25. The van der Waals surface area contributed by atoms with Gasteiger partial charge in [-0.2, -0.15) is 22.0 Å². The van der Waals surface area contributed by atoms with Crippen molar-refractivity contribution < 1.29 is 22.0 Å². The van der Waals surface area contributed by atoms with Crippen LogP contribution in [0, 0.1) is 6.57 Å². The van der Waals surface area contributed by atoms with Crippen LogP contribution < -0.4 is 0 Å². The Morgan fingerprint density at radius 3 is 1.82 bits per heavy atom. The summed E-state index contributed by atoms with van der Waals surface area (Å²) in [6.45, 7) is 4.53. The van der Waals surface area contributed by atoms with Gasteiger partial charge in [-0.3, -0.25) is 0 Å². The summed E-state index contributed by atoms with van der Waals surface area (Å²) in [6, 6.07) is 0. The Kier molecular flexibility index (Phi) is 2.79. The highest BCUT2D eigenvalue weighted by Crippen LogP contribution is 2.31. The van der Waals surface area contributed by atoms with Crippen molar-refractivity contribution in [2.45, 2.75) is 18.5 Å². The Hall–Kier alpha value is -0.860. The van der Waals surface area contributed by atoms with Crippen LogP contribution in [-0.4, -0.2) is 18.6 Å². The zero-order chi connectivity index (χ0) is 9.12. The second-order valence-corrected chi connectivity index (χ2v) is 1.96. The zero-order valence-electron chi connectivity index (χ0n) is 5.25. The molecule has 0 aromatic rings. The van der Waals surface area contributed by atoms with E-state index in [1.807, 2.05) is 0 Å². The molecule has 0 aromatic heterocycles. The van der Waals surface area contributed by atoms with Gasteiger partial charge in [-0.25, -0.2) is 6.57 Å². The van der Waals surface area contributed by atoms with Crippen LogP contribution in [0.5, 0.6) is 0 Å². The number of rotatable bonds is 2. The molecule has 0 fully saturated rings. The van der Waals surface area contributed by atoms with Crippen LogP contribution in [-0.2, 0) is 0 Å². The summed E-state index contributed by atoms with van der Waals surface area (Å²) in [7, 11) is 0. The van der Waals surface area contributed by atoms with Gasteiger partial charge in [0.2, 0.25) is 0 Å². The molecule has 0 aliphatic rings. The molecule has 0 N–H and O–H groups in total. The minimum Gasteiger partial charge on any atom is -0.310 e. The van der Waals surface area contributed by atoms with Gasteiger partial charge in [0.05, 0.1) is 0 Å². The summed E-state index contributed by atoms with van der Waals surface area (Å²) in [4.78, 5) is 2.19. The summed E-state index contributed by atoms with van der Waals surface area (Å²) in [5, 5.41) is 0. The molecule has 1 nitrogen and oxygen atoms in total. The van der Waals surface area contributed by atoms with Gasteiger partial charge in [0.1, 0.15) is 6.42 Å². The third-order valence-electron chi connectivity index (χ3n) is 0.769. The molecular formula is C5H4F5N. The highest BCUT2D eigenvalue weighted by molar-refractivity contribution is 4.79. The Morgan fingerprint density at radius 2 is 1.55 bits per heavy atom. The van der Waals surface area contributed by atoms with Crippen LogP contribution in [0.15, 0.2) is 0 Å². The molecule has 0 rings (SSSR count). The average Bonchev–Trinajstić information content (AvgIpc) is 1.55. The van der Waals surface area contributed by atoms with Gasteiger partial charge >= 0.3 is 12.1 Å². The van der Waals surface area contributed by atoms with Crippen LogP contribution in [0.3, 0.4) is 0 Å². The minimum absolute atomic E-state index is 1.41. The number of hydrogen-bond acceptors (Lipinski definition) is 0. The maximum atomic E-state index is 12.0. The fourth-order valence-corrected chi connectivity index (χ4v) is 0.465. The largest absolute Gasteiger partial charge is 0.395 e. The highest BCUT2D eigenvalue weighted by Gasteiger charge is 2.45. The van der Waals surface area contributed by atoms with Gasteiger partial charge in [0, 0.05) is 0 Å². The SMILES string of the molecule is [C-]#[N+]CC(F)(F)CC(F)(F)F. The fourth-order valence-electron chi connectivity index (χ4n) is 0.465. The third-order valence-corrected chi connectivity index (χ3v) is 0.769. The minimum atomic E-state index is -4.91. The van der Waals surface area contributed by atoms with Crippen molar-refractivity contribution >= 4 is 0 Å². The number of nitrogens with zero attached hydrogens (tertiary/aromatic N) is 1. The molecular weight excluding hydrogens is 169 g/mol. The summed E-state index contributed by atoms with van der Waals surface area (Å²) < 4.78 is 57.8. The topological polar surface area (TPSA) is 4.36 Å². The normalized spacial score (nSPS) is 12.7. The summed E-state index contributed by atoms with van der Waals surface area (Å²) in [6.07, 6.45) is -7.13. The molecule has 11 heavy (non-hydrogen) atoms. The predicted molar refractivity (Wildman–Crippen MR) is 27.1 cm³/mol. The van der Waals surface area contributed by atoms with Crippen molar-refractivity contribution in [1.82, 2.24) is 0 Å². The van der Waals surface area contributed by atoms with Gasteiger partial charge in [-0.1, -0.05) is 0 Å². The lowest BCUT2D eigenvalue weighted by Crippen LogP contribution is -2.27. The molecule has 0 amide bonds. The summed E-state index contributed by atoms with van der Waals surface area (Å²) >= 11 is 0. The van der Waals surface area contributed by atoms with Crippen molar-refractivity contribution in [3.63, 3.8) is 0 Å². The summed E-state index contributed by atoms with van der Waals surface area (Å²) in [5.41, 5.74) is 0. The van der Waals surface area contributed by atoms with E-state index in [4.69, 9.17) is 6.57 Å². The van der Waals surface area contributed by atoms with Crippen molar-refractivity contribution in [1.29, 1.82) is 0 Å². The number of hydrogen-bond donors (Lipinski definition) is 0. The maximum Gasteiger partial charge on any atom is 0.395 e. The maximum absolute atomic E-state index is 12.0. The molecule has 0 spiro atoms. The first kappa shape index (κ1) is 10.1. The van der Waals surface area contributed by atoms with E-state index < -0.39 is 25.1 Å². The quantitative estimate of drug-likeness (QED) is 0.446. The molecule has 0 heterocycles. The monoisotopic (exact) mass is 173 g/mol. The first-order valence-corrected chi connectivity index (χ1v) is 2.55. The van der Waals surface area contributed by atoms with E-state index in [2.05, 4.69) is 4.85 Å². The van der Waals surface area contributed by atoms with Crippen LogP contribution in [0.2, 0.25) is 0 Å². The van der Waals surface area contributed by atoms with E-state index in [0.717, 1.165) is 0 Å². The Labute approximate surface area is 59.6 Å². The lowest BCUT2D eigenvalue weighted by atomic mass is 10.2. The predicted octanol–water partition coefficient (Wildman–Crippen LogP) is 2.49. The Balaban J connectivity index is 4.04. The smallest absolute Gasteiger partial charge is 0.310 e. The van der Waals surface area contributed by atoms with E-state index in [9.17, 15) is 22.0 Å². The molecule has 0 atom stereocenters. The van der Waals surface area contributed by atoms with Crippen molar-refractivity contribution in [2.75, 3.05) is 6.54 Å². The number of alkyl halides is 5. The third kappa shape index (κ3) is 5.58. The standard InChI is InChI=1S/C5H4F5N/c1-11-3-4(6,7)2-5(8,9)10/h2-3H2. The fraction of sp³-hybridized carbons (Fsp3) is 0.800. The lowest BCUT2D eigenvalue weighted by molar-refractivity contribution is -0.182. The molecule has 64 valence electrons. The van der Waals surface area contributed by atoms with Gasteiger partial charge < -0.3 is 4.85 Å². The van der Waals surface area contributed by atoms with Gasteiger partial charge in [0.25, 0.3) is 6.54 Å². The Bertz CT molecular complexity index is 165. The van der Waals surface area contributed by atoms with Gasteiger partial charge in [0.15, 0.2) is 0 Å². The molecule has 0 aliphatic heterocycles. The molecule has 0 aromatic carbocycles. The molecule has 0 unspecified atom stereocenters. The van der Waals surface area contributed by atoms with E-state index in [0.29, 0.717) is 0 Å². The molecule has 0 radical (unpaired) electrons. The second-order valence-electron chi connectivity index (χ2n) is 1.96. The number of halogens is 5.